The van der Waals surface area contributed by atoms with Gasteiger partial charge < -0.3 is 15.0 Å². The van der Waals surface area contributed by atoms with Crippen LogP contribution in [0.4, 0.5) is 0 Å². The zero-order valence-electron chi connectivity index (χ0n) is 14.7. The summed E-state index contributed by atoms with van der Waals surface area (Å²) in [5.41, 5.74) is 0. The number of carbonyl (C=O) groups excluding carboxylic acids is 1. The van der Waals surface area contributed by atoms with Crippen molar-refractivity contribution in [1.29, 1.82) is 0 Å². The Kier molecular flexibility index (Phi) is 9.24. The minimum absolute atomic E-state index is 0. The fourth-order valence-corrected chi connectivity index (χ4v) is 3.29. The lowest BCUT2D eigenvalue weighted by atomic mass is 9.98. The number of aliphatic imine (C=N–C) groups is 1. The van der Waals surface area contributed by atoms with Crippen LogP contribution in [0.25, 0.3) is 0 Å². The Labute approximate surface area is 157 Å². The molecule has 134 valence electrons. The van der Waals surface area contributed by atoms with Crippen molar-refractivity contribution >= 4 is 35.9 Å². The molecule has 1 saturated carbocycles. The third kappa shape index (κ3) is 6.12. The molecule has 1 aliphatic heterocycles. The fourth-order valence-electron chi connectivity index (χ4n) is 3.29. The lowest BCUT2D eigenvalue weighted by Crippen LogP contribution is -2.49. The van der Waals surface area contributed by atoms with Crippen LogP contribution < -0.4 is 5.32 Å². The van der Waals surface area contributed by atoms with Crippen LogP contribution >= 0.6 is 24.0 Å². The molecule has 1 aliphatic carbocycles. The van der Waals surface area contributed by atoms with E-state index in [1.165, 1.54) is 19.3 Å². The summed E-state index contributed by atoms with van der Waals surface area (Å²) < 4.78 is 5.19. The average molecular weight is 437 g/mol. The Morgan fingerprint density at radius 3 is 2.78 bits per heavy atom. The molecule has 1 N–H and O–H groups in total. The monoisotopic (exact) mass is 437 g/mol. The molecule has 1 saturated heterocycles. The molecule has 0 aromatic heterocycles. The molecule has 3 atom stereocenters. The molecule has 1 heterocycles. The van der Waals surface area contributed by atoms with Crippen LogP contribution in [0.1, 0.15) is 52.9 Å². The molecule has 5 nitrogen and oxygen atoms in total. The summed E-state index contributed by atoms with van der Waals surface area (Å²) in [4.78, 5) is 18.9. The van der Waals surface area contributed by atoms with E-state index in [1.807, 2.05) is 6.92 Å². The quantitative estimate of drug-likeness (QED) is 0.301. The van der Waals surface area contributed by atoms with Crippen molar-refractivity contribution in [3.8, 4) is 0 Å². The van der Waals surface area contributed by atoms with Gasteiger partial charge in [-0.1, -0.05) is 13.3 Å². The van der Waals surface area contributed by atoms with E-state index < -0.39 is 0 Å². The van der Waals surface area contributed by atoms with E-state index in [0.717, 1.165) is 44.4 Å². The van der Waals surface area contributed by atoms with Gasteiger partial charge in [0.05, 0.1) is 12.5 Å². The number of likely N-dealkylation sites (tertiary alicyclic amines) is 1. The van der Waals surface area contributed by atoms with Gasteiger partial charge in [-0.05, 0) is 45.4 Å². The number of ether oxygens (including phenoxy) is 1. The summed E-state index contributed by atoms with van der Waals surface area (Å²) in [6, 6.07) is 0.577. The van der Waals surface area contributed by atoms with Crippen LogP contribution in [-0.4, -0.2) is 49.1 Å². The number of carbonyl (C=O) groups is 1. The molecule has 2 rings (SSSR count). The first-order chi connectivity index (χ1) is 10.7. The zero-order valence-corrected chi connectivity index (χ0v) is 17.0. The summed E-state index contributed by atoms with van der Waals surface area (Å²) in [5.74, 6) is 1.72. The molecule has 0 aromatic rings. The summed E-state index contributed by atoms with van der Waals surface area (Å²) in [5, 5.41) is 3.61. The Morgan fingerprint density at radius 2 is 2.13 bits per heavy atom. The lowest BCUT2D eigenvalue weighted by molar-refractivity contribution is -0.149. The molecular weight excluding hydrogens is 405 g/mol. The van der Waals surface area contributed by atoms with Gasteiger partial charge >= 0.3 is 5.97 Å². The second-order valence-electron chi connectivity index (χ2n) is 6.37. The summed E-state index contributed by atoms with van der Waals surface area (Å²) >= 11 is 0. The summed E-state index contributed by atoms with van der Waals surface area (Å²) in [6.07, 6.45) is 5.75. The molecule has 3 unspecified atom stereocenters. The van der Waals surface area contributed by atoms with Crippen molar-refractivity contribution in [1.82, 2.24) is 10.2 Å². The van der Waals surface area contributed by atoms with Gasteiger partial charge in [0, 0.05) is 25.7 Å². The van der Waals surface area contributed by atoms with Crippen LogP contribution in [-0.2, 0) is 9.53 Å². The first-order valence-electron chi connectivity index (χ1n) is 8.92. The Morgan fingerprint density at radius 1 is 1.35 bits per heavy atom. The fraction of sp³-hybridized carbons (Fsp3) is 0.882. The maximum absolute atomic E-state index is 12.0. The van der Waals surface area contributed by atoms with E-state index in [1.54, 1.807) is 0 Å². The van der Waals surface area contributed by atoms with Crippen molar-refractivity contribution in [2.24, 2.45) is 16.8 Å². The SMILES string of the molecule is CCCC1CC1NC(=NCC)N1CCCC(C(=O)OCC)C1.I. The predicted molar refractivity (Wildman–Crippen MR) is 104 cm³/mol. The third-order valence-electron chi connectivity index (χ3n) is 4.55. The van der Waals surface area contributed by atoms with Crippen molar-refractivity contribution in [2.75, 3.05) is 26.2 Å². The molecule has 6 heteroatoms. The molecule has 0 radical (unpaired) electrons. The van der Waals surface area contributed by atoms with Gasteiger partial charge in [0.1, 0.15) is 0 Å². The van der Waals surface area contributed by atoms with Crippen LogP contribution in [0.3, 0.4) is 0 Å². The van der Waals surface area contributed by atoms with Crippen LogP contribution in [0, 0.1) is 11.8 Å². The minimum atomic E-state index is -0.0571. The number of halogens is 1. The highest BCUT2D eigenvalue weighted by molar-refractivity contribution is 14.0. The largest absolute Gasteiger partial charge is 0.466 e. The van der Waals surface area contributed by atoms with Gasteiger partial charge in [0.25, 0.3) is 0 Å². The van der Waals surface area contributed by atoms with E-state index in [-0.39, 0.29) is 35.9 Å². The van der Waals surface area contributed by atoms with Gasteiger partial charge in [0.2, 0.25) is 0 Å². The minimum Gasteiger partial charge on any atom is -0.466 e. The molecule has 0 spiro atoms. The number of esters is 1. The molecular formula is C17H32IN3O2. The number of hydrogen-bond donors (Lipinski definition) is 1. The summed E-state index contributed by atoms with van der Waals surface area (Å²) in [6.45, 7) is 9.11. The molecule has 0 bridgehead atoms. The average Bonchev–Trinajstić information content (AvgIpc) is 3.25. The Hall–Kier alpha value is -0.530. The van der Waals surface area contributed by atoms with Gasteiger partial charge in [-0.15, -0.1) is 24.0 Å². The third-order valence-corrected chi connectivity index (χ3v) is 4.55. The standard InChI is InChI=1S/C17H31N3O2.HI/c1-4-8-13-11-15(13)19-17(18-5-2)20-10-7-9-14(12-20)16(21)22-6-3;/h13-15H,4-12H2,1-3H3,(H,18,19);1H. The second kappa shape index (κ2) is 10.4. The maximum Gasteiger partial charge on any atom is 0.310 e. The molecule has 23 heavy (non-hydrogen) atoms. The first-order valence-corrected chi connectivity index (χ1v) is 8.92. The Bertz CT molecular complexity index is 403. The second-order valence-corrected chi connectivity index (χ2v) is 6.37. The molecule has 2 fully saturated rings. The van der Waals surface area contributed by atoms with Gasteiger partial charge in [-0.3, -0.25) is 9.79 Å². The first kappa shape index (κ1) is 20.5. The van der Waals surface area contributed by atoms with E-state index in [4.69, 9.17) is 4.74 Å². The van der Waals surface area contributed by atoms with E-state index >= 15 is 0 Å². The van der Waals surface area contributed by atoms with E-state index in [9.17, 15) is 4.79 Å². The predicted octanol–water partition coefficient (Wildman–Crippen LogP) is 3.03. The number of nitrogens with one attached hydrogen (secondary N) is 1. The van der Waals surface area contributed by atoms with E-state index in [2.05, 4.69) is 29.1 Å². The molecule has 2 aliphatic rings. The van der Waals surface area contributed by atoms with Gasteiger partial charge in [-0.2, -0.15) is 0 Å². The number of guanidine groups is 1. The number of nitrogens with zero attached hydrogens (tertiary/aromatic N) is 2. The normalized spacial score (nSPS) is 27.2. The zero-order chi connectivity index (χ0) is 15.9. The van der Waals surface area contributed by atoms with Crippen molar-refractivity contribution in [2.45, 2.75) is 58.9 Å². The highest BCUT2D eigenvalue weighted by atomic mass is 127. The molecule has 0 amide bonds. The van der Waals surface area contributed by atoms with Crippen molar-refractivity contribution in [3.05, 3.63) is 0 Å². The van der Waals surface area contributed by atoms with E-state index in [0.29, 0.717) is 12.6 Å². The van der Waals surface area contributed by atoms with Crippen LogP contribution in [0.5, 0.6) is 0 Å². The summed E-state index contributed by atoms with van der Waals surface area (Å²) in [7, 11) is 0. The maximum atomic E-state index is 12.0. The smallest absolute Gasteiger partial charge is 0.310 e. The highest BCUT2D eigenvalue weighted by Crippen LogP contribution is 2.34. The topological polar surface area (TPSA) is 53.9 Å². The van der Waals surface area contributed by atoms with Crippen molar-refractivity contribution in [3.63, 3.8) is 0 Å². The highest BCUT2D eigenvalue weighted by Gasteiger charge is 2.38. The van der Waals surface area contributed by atoms with Gasteiger partial charge in [-0.25, -0.2) is 0 Å². The number of hydrogen-bond acceptors (Lipinski definition) is 3. The lowest BCUT2D eigenvalue weighted by Gasteiger charge is -2.34. The Balaban J connectivity index is 0.00000264. The van der Waals surface area contributed by atoms with Crippen LogP contribution in [0.15, 0.2) is 4.99 Å². The number of piperidine rings is 1. The van der Waals surface area contributed by atoms with Crippen LogP contribution in [0.2, 0.25) is 0 Å². The van der Waals surface area contributed by atoms with Gasteiger partial charge in [0.15, 0.2) is 5.96 Å². The molecule has 0 aromatic carbocycles. The number of rotatable bonds is 6. The van der Waals surface area contributed by atoms with Crippen molar-refractivity contribution < 1.29 is 9.53 Å².